The fourth-order valence-corrected chi connectivity index (χ4v) is 0.618. The maximum Gasteiger partial charge on any atom is 0.0423 e. The Morgan fingerprint density at radius 3 is 3.50 bits per heavy atom. The van der Waals surface area contributed by atoms with E-state index in [0.717, 1.165) is 13.0 Å². The third-order valence-electron chi connectivity index (χ3n) is 1.12. The van der Waals surface area contributed by atoms with E-state index >= 15 is 0 Å². The van der Waals surface area contributed by atoms with Gasteiger partial charge in [-0.1, -0.05) is 0 Å². The lowest BCUT2D eigenvalue weighted by molar-refractivity contribution is 0.879. The van der Waals surface area contributed by atoms with Crippen LogP contribution in [0.25, 0.3) is 0 Å². The molecule has 1 aliphatic heterocycles. The maximum absolute atomic E-state index is 4.10. The molecule has 1 aliphatic rings. The smallest absolute Gasteiger partial charge is 0.0423 e. The summed E-state index contributed by atoms with van der Waals surface area (Å²) in [6.45, 7) is 3.06. The zero-order valence-corrected chi connectivity index (χ0v) is 5.02. The average Bonchev–Trinajstić information content (AvgIpc) is 1.94. The molecule has 0 unspecified atom stereocenters. The highest BCUT2D eigenvalue weighted by Gasteiger charge is 1.90. The molecule has 0 amide bonds. The summed E-state index contributed by atoms with van der Waals surface area (Å²) in [5.74, 6) is 0. The molecular formula is C6H10N2. The largest absolute Gasteiger partial charge is 0.389 e. The average molecular weight is 110 g/mol. The van der Waals surface area contributed by atoms with Gasteiger partial charge < -0.3 is 5.32 Å². The van der Waals surface area contributed by atoms with Crippen molar-refractivity contribution in [2.75, 3.05) is 6.54 Å². The van der Waals surface area contributed by atoms with Crippen LogP contribution in [-0.4, -0.2) is 12.3 Å². The Labute approximate surface area is 49.3 Å². The quantitative estimate of drug-likeness (QED) is 0.492. The molecule has 2 nitrogen and oxygen atoms in total. The summed E-state index contributed by atoms with van der Waals surface area (Å²) < 4.78 is 0. The molecule has 1 heterocycles. The minimum absolute atomic E-state index is 1.02. The molecule has 0 aromatic rings. The zero-order chi connectivity index (χ0) is 5.82. The number of nitrogens with zero attached hydrogens (tertiary/aromatic N) is 1. The van der Waals surface area contributed by atoms with E-state index in [2.05, 4.69) is 10.3 Å². The van der Waals surface area contributed by atoms with E-state index in [4.69, 9.17) is 0 Å². The summed E-state index contributed by atoms with van der Waals surface area (Å²) in [5, 5.41) is 3.08. The van der Waals surface area contributed by atoms with Gasteiger partial charge in [0.15, 0.2) is 0 Å². The molecule has 0 atom stereocenters. The molecule has 1 rings (SSSR count). The second-order valence-electron chi connectivity index (χ2n) is 1.88. The predicted octanol–water partition coefficient (Wildman–Crippen LogP) is 0.912. The van der Waals surface area contributed by atoms with Crippen molar-refractivity contribution in [3.63, 3.8) is 0 Å². The molecule has 0 aliphatic carbocycles. The molecule has 0 radical (unpaired) electrons. The van der Waals surface area contributed by atoms with Gasteiger partial charge in [0.1, 0.15) is 0 Å². The first-order valence-electron chi connectivity index (χ1n) is 2.81. The molecule has 2 heteroatoms. The van der Waals surface area contributed by atoms with Crippen LogP contribution in [0.3, 0.4) is 0 Å². The molecule has 0 saturated carbocycles. The number of aliphatic imine (C=N–C) groups is 1. The minimum Gasteiger partial charge on any atom is -0.389 e. The van der Waals surface area contributed by atoms with E-state index in [-0.39, 0.29) is 0 Å². The van der Waals surface area contributed by atoms with Gasteiger partial charge in [0.05, 0.1) is 0 Å². The standard InChI is InChI=1S/C6H10N2/c1-6-2-3-7-4-5-8-6/h4-5,7H,2-3H2,1H3. The van der Waals surface area contributed by atoms with Gasteiger partial charge >= 0.3 is 0 Å². The van der Waals surface area contributed by atoms with Crippen LogP contribution >= 0.6 is 0 Å². The third kappa shape index (κ3) is 1.37. The zero-order valence-electron chi connectivity index (χ0n) is 5.02. The minimum atomic E-state index is 1.02. The SMILES string of the molecule is CC1=NC=CNCC1. The van der Waals surface area contributed by atoms with Gasteiger partial charge in [-0.25, -0.2) is 0 Å². The number of nitrogens with one attached hydrogen (secondary N) is 1. The van der Waals surface area contributed by atoms with Crippen LogP contribution in [0.4, 0.5) is 0 Å². The first-order valence-corrected chi connectivity index (χ1v) is 2.81. The van der Waals surface area contributed by atoms with Crippen molar-refractivity contribution in [1.29, 1.82) is 0 Å². The summed E-state index contributed by atoms with van der Waals surface area (Å²) in [5.41, 5.74) is 1.20. The Morgan fingerprint density at radius 1 is 1.75 bits per heavy atom. The predicted molar refractivity (Wildman–Crippen MR) is 34.9 cm³/mol. The van der Waals surface area contributed by atoms with Crippen LogP contribution in [0.2, 0.25) is 0 Å². The molecule has 0 aromatic heterocycles. The molecule has 0 aromatic carbocycles. The van der Waals surface area contributed by atoms with E-state index in [9.17, 15) is 0 Å². The lowest BCUT2D eigenvalue weighted by Crippen LogP contribution is -2.07. The third-order valence-corrected chi connectivity index (χ3v) is 1.12. The van der Waals surface area contributed by atoms with Gasteiger partial charge in [-0.2, -0.15) is 0 Å². The van der Waals surface area contributed by atoms with Crippen molar-refractivity contribution >= 4 is 5.71 Å². The highest BCUT2D eigenvalue weighted by molar-refractivity contribution is 5.82. The monoisotopic (exact) mass is 110 g/mol. The molecule has 0 spiro atoms. The van der Waals surface area contributed by atoms with Gasteiger partial charge in [-0.3, -0.25) is 4.99 Å². The fourth-order valence-electron chi connectivity index (χ4n) is 0.618. The molecular weight excluding hydrogens is 100 g/mol. The Kier molecular flexibility index (Phi) is 1.67. The van der Waals surface area contributed by atoms with Gasteiger partial charge in [-0.05, 0) is 6.92 Å². The highest BCUT2D eigenvalue weighted by Crippen LogP contribution is 1.89. The summed E-state index contributed by atoms with van der Waals surface area (Å²) in [4.78, 5) is 4.10. The Hall–Kier alpha value is -0.790. The van der Waals surface area contributed by atoms with Gasteiger partial charge in [0.25, 0.3) is 0 Å². The summed E-state index contributed by atoms with van der Waals surface area (Å²) in [7, 11) is 0. The summed E-state index contributed by atoms with van der Waals surface area (Å²) >= 11 is 0. The van der Waals surface area contributed by atoms with Crippen molar-refractivity contribution in [2.24, 2.45) is 4.99 Å². The molecule has 0 fully saturated rings. The maximum atomic E-state index is 4.10. The first kappa shape index (κ1) is 5.35. The molecule has 1 N–H and O–H groups in total. The number of rotatable bonds is 0. The topological polar surface area (TPSA) is 24.4 Å². The van der Waals surface area contributed by atoms with Crippen LogP contribution in [0, 0.1) is 0 Å². The molecule has 8 heavy (non-hydrogen) atoms. The molecule has 0 bridgehead atoms. The lowest BCUT2D eigenvalue weighted by Gasteiger charge is -1.93. The second-order valence-corrected chi connectivity index (χ2v) is 1.88. The second kappa shape index (κ2) is 2.50. The number of hydrogen-bond donors (Lipinski definition) is 1. The Morgan fingerprint density at radius 2 is 2.62 bits per heavy atom. The van der Waals surface area contributed by atoms with Crippen LogP contribution in [0.5, 0.6) is 0 Å². The van der Waals surface area contributed by atoms with E-state index in [0.29, 0.717) is 0 Å². The normalized spacial score (nSPS) is 18.9. The molecule has 0 saturated heterocycles. The van der Waals surface area contributed by atoms with Crippen LogP contribution < -0.4 is 5.32 Å². The van der Waals surface area contributed by atoms with Crippen LogP contribution in [0.15, 0.2) is 17.4 Å². The Balaban J connectivity index is 2.52. The van der Waals surface area contributed by atoms with E-state index in [1.807, 2.05) is 13.1 Å². The molecule has 44 valence electrons. The van der Waals surface area contributed by atoms with Gasteiger partial charge in [0, 0.05) is 31.1 Å². The van der Waals surface area contributed by atoms with E-state index in [1.165, 1.54) is 5.71 Å². The van der Waals surface area contributed by atoms with Crippen molar-refractivity contribution in [3.05, 3.63) is 12.4 Å². The van der Waals surface area contributed by atoms with Gasteiger partial charge in [-0.15, -0.1) is 0 Å². The highest BCUT2D eigenvalue weighted by atomic mass is 14.9. The van der Waals surface area contributed by atoms with Gasteiger partial charge in [0.2, 0.25) is 0 Å². The van der Waals surface area contributed by atoms with Crippen LogP contribution in [0.1, 0.15) is 13.3 Å². The van der Waals surface area contributed by atoms with Crippen LogP contribution in [-0.2, 0) is 0 Å². The Bertz CT molecular complexity index is 124. The van der Waals surface area contributed by atoms with Crippen molar-refractivity contribution in [1.82, 2.24) is 5.32 Å². The van der Waals surface area contributed by atoms with Crippen molar-refractivity contribution in [2.45, 2.75) is 13.3 Å². The van der Waals surface area contributed by atoms with Crippen molar-refractivity contribution < 1.29 is 0 Å². The fraction of sp³-hybridized carbons (Fsp3) is 0.500. The van der Waals surface area contributed by atoms with E-state index < -0.39 is 0 Å². The number of hydrogen-bond acceptors (Lipinski definition) is 2. The summed E-state index contributed by atoms with van der Waals surface area (Å²) in [6.07, 6.45) is 4.73. The van der Waals surface area contributed by atoms with Crippen molar-refractivity contribution in [3.8, 4) is 0 Å². The lowest BCUT2D eigenvalue weighted by atomic mass is 10.3. The first-order chi connectivity index (χ1) is 3.89. The van der Waals surface area contributed by atoms with E-state index in [1.54, 1.807) is 6.20 Å². The summed E-state index contributed by atoms with van der Waals surface area (Å²) in [6, 6.07) is 0.